The quantitative estimate of drug-likeness (QED) is 0.780. The molecule has 146 valence electrons. The van der Waals surface area contributed by atoms with Crippen molar-refractivity contribution in [3.05, 3.63) is 23.4 Å². The SMILES string of the molecule is CC(C(=O)N1CCC(C(=O)Nc2ccc(Cl)cn2)CC1)C1CNC1.Cl.Cl. The fourth-order valence-corrected chi connectivity index (χ4v) is 3.31. The van der Waals surface area contributed by atoms with Gasteiger partial charge in [-0.2, -0.15) is 0 Å². The summed E-state index contributed by atoms with van der Waals surface area (Å²) in [7, 11) is 0. The molecule has 2 saturated heterocycles. The lowest BCUT2D eigenvalue weighted by Crippen LogP contribution is -2.52. The monoisotopic (exact) mass is 422 g/mol. The van der Waals surface area contributed by atoms with E-state index < -0.39 is 0 Å². The molecule has 0 aromatic carbocycles. The number of carbonyl (C=O) groups is 2. The summed E-state index contributed by atoms with van der Waals surface area (Å²) in [5.41, 5.74) is 0. The molecule has 2 aliphatic rings. The van der Waals surface area contributed by atoms with Crippen LogP contribution in [0.4, 0.5) is 5.82 Å². The Morgan fingerprint density at radius 1 is 1.27 bits per heavy atom. The van der Waals surface area contributed by atoms with Crippen molar-refractivity contribution in [2.75, 3.05) is 31.5 Å². The highest BCUT2D eigenvalue weighted by Gasteiger charge is 2.34. The molecule has 1 aromatic rings. The Hall–Kier alpha value is -1.08. The number of amides is 2. The smallest absolute Gasteiger partial charge is 0.228 e. The van der Waals surface area contributed by atoms with Crippen LogP contribution in [-0.2, 0) is 9.59 Å². The Kier molecular flexibility index (Phi) is 9.10. The number of rotatable bonds is 4. The molecule has 1 aromatic heterocycles. The van der Waals surface area contributed by atoms with Crippen molar-refractivity contribution in [3.8, 4) is 0 Å². The van der Waals surface area contributed by atoms with E-state index in [4.69, 9.17) is 11.6 Å². The van der Waals surface area contributed by atoms with Crippen molar-refractivity contribution in [1.82, 2.24) is 15.2 Å². The number of anilines is 1. The number of hydrogen-bond acceptors (Lipinski definition) is 4. The summed E-state index contributed by atoms with van der Waals surface area (Å²) in [6.07, 6.45) is 2.90. The second-order valence-corrected chi connectivity index (χ2v) is 7.09. The minimum absolute atomic E-state index is 0. The molecule has 0 saturated carbocycles. The van der Waals surface area contributed by atoms with Crippen LogP contribution in [-0.4, -0.2) is 47.9 Å². The number of halogens is 3. The highest BCUT2D eigenvalue weighted by molar-refractivity contribution is 6.30. The number of nitrogens with zero attached hydrogens (tertiary/aromatic N) is 2. The van der Waals surface area contributed by atoms with Gasteiger partial charge in [0.25, 0.3) is 0 Å². The van der Waals surface area contributed by atoms with Gasteiger partial charge in [0.05, 0.1) is 5.02 Å². The van der Waals surface area contributed by atoms with Gasteiger partial charge in [0.15, 0.2) is 0 Å². The van der Waals surface area contributed by atoms with Crippen molar-refractivity contribution in [2.24, 2.45) is 17.8 Å². The van der Waals surface area contributed by atoms with E-state index in [1.54, 1.807) is 12.1 Å². The van der Waals surface area contributed by atoms with Crippen LogP contribution in [0.15, 0.2) is 18.3 Å². The number of pyridine rings is 1. The van der Waals surface area contributed by atoms with Crippen LogP contribution in [0.3, 0.4) is 0 Å². The molecule has 2 aliphatic heterocycles. The molecule has 6 nitrogen and oxygen atoms in total. The van der Waals surface area contributed by atoms with E-state index in [-0.39, 0.29) is 48.5 Å². The minimum atomic E-state index is -0.0767. The third kappa shape index (κ3) is 5.46. The standard InChI is InChI=1S/C17H23ClN4O2.2ClH/c1-11(13-8-19-9-13)17(24)22-6-4-12(5-7-22)16(23)21-15-3-2-14(18)10-20-15;;/h2-3,10-13,19H,4-9H2,1H3,(H,20,21,23);2*1H. The van der Waals surface area contributed by atoms with Gasteiger partial charge in [0.1, 0.15) is 5.82 Å². The van der Waals surface area contributed by atoms with E-state index >= 15 is 0 Å². The summed E-state index contributed by atoms with van der Waals surface area (Å²) in [6.45, 7) is 5.17. The Labute approximate surface area is 171 Å². The predicted octanol–water partition coefficient (Wildman–Crippen LogP) is 2.61. The summed E-state index contributed by atoms with van der Waals surface area (Å²) in [6, 6.07) is 3.38. The fraction of sp³-hybridized carbons (Fsp3) is 0.588. The van der Waals surface area contributed by atoms with Gasteiger partial charge in [-0.25, -0.2) is 4.98 Å². The number of piperidine rings is 1. The summed E-state index contributed by atoms with van der Waals surface area (Å²) in [5.74, 6) is 1.14. The first-order valence-electron chi connectivity index (χ1n) is 8.46. The molecule has 0 bridgehead atoms. The topological polar surface area (TPSA) is 74.3 Å². The highest BCUT2D eigenvalue weighted by atomic mass is 35.5. The molecule has 0 aliphatic carbocycles. The van der Waals surface area contributed by atoms with Gasteiger partial charge in [0, 0.05) is 31.1 Å². The van der Waals surface area contributed by atoms with E-state index in [0.29, 0.717) is 42.7 Å². The first kappa shape index (κ1) is 23.0. The maximum atomic E-state index is 12.5. The third-order valence-corrected chi connectivity index (χ3v) is 5.29. The zero-order valence-electron chi connectivity index (χ0n) is 14.6. The van der Waals surface area contributed by atoms with Crippen LogP contribution in [0.2, 0.25) is 5.02 Å². The molecular weight excluding hydrogens is 399 g/mol. The summed E-state index contributed by atoms with van der Waals surface area (Å²) < 4.78 is 0. The van der Waals surface area contributed by atoms with Crippen LogP contribution < -0.4 is 10.6 Å². The minimum Gasteiger partial charge on any atom is -0.342 e. The van der Waals surface area contributed by atoms with E-state index in [1.165, 1.54) is 6.20 Å². The molecule has 0 radical (unpaired) electrons. The lowest BCUT2D eigenvalue weighted by molar-refractivity contribution is -0.140. The Bertz CT molecular complexity index is 603. The van der Waals surface area contributed by atoms with Gasteiger partial charge in [-0.3, -0.25) is 9.59 Å². The molecule has 2 amide bonds. The first-order valence-corrected chi connectivity index (χ1v) is 8.84. The molecule has 1 atom stereocenters. The normalized spacial score (nSPS) is 18.8. The van der Waals surface area contributed by atoms with Crippen LogP contribution in [0.25, 0.3) is 0 Å². The van der Waals surface area contributed by atoms with Gasteiger partial charge in [-0.1, -0.05) is 18.5 Å². The molecule has 3 heterocycles. The van der Waals surface area contributed by atoms with Crippen molar-refractivity contribution < 1.29 is 9.59 Å². The van der Waals surface area contributed by atoms with Gasteiger partial charge in [0.2, 0.25) is 11.8 Å². The number of hydrogen-bond donors (Lipinski definition) is 2. The molecule has 1 unspecified atom stereocenters. The molecule has 9 heteroatoms. The zero-order valence-corrected chi connectivity index (χ0v) is 17.0. The van der Waals surface area contributed by atoms with E-state index in [1.807, 2.05) is 11.8 Å². The van der Waals surface area contributed by atoms with Gasteiger partial charge in [-0.15, -0.1) is 24.8 Å². The number of aromatic nitrogens is 1. The van der Waals surface area contributed by atoms with Crippen molar-refractivity contribution >= 4 is 54.0 Å². The van der Waals surface area contributed by atoms with E-state index in [9.17, 15) is 9.59 Å². The van der Waals surface area contributed by atoms with Gasteiger partial charge >= 0.3 is 0 Å². The number of likely N-dealkylation sites (tertiary alicyclic amines) is 1. The largest absolute Gasteiger partial charge is 0.342 e. The lowest BCUT2D eigenvalue weighted by atomic mass is 9.87. The van der Waals surface area contributed by atoms with Crippen LogP contribution in [0, 0.1) is 17.8 Å². The second-order valence-electron chi connectivity index (χ2n) is 6.66. The summed E-state index contributed by atoms with van der Waals surface area (Å²) in [4.78, 5) is 30.8. The molecule has 3 rings (SSSR count). The third-order valence-electron chi connectivity index (χ3n) is 5.07. The summed E-state index contributed by atoms with van der Waals surface area (Å²) >= 11 is 5.79. The Morgan fingerprint density at radius 2 is 1.92 bits per heavy atom. The molecular formula is C17H25Cl3N4O2. The average Bonchev–Trinajstić information content (AvgIpc) is 2.55. The highest BCUT2D eigenvalue weighted by Crippen LogP contribution is 2.24. The van der Waals surface area contributed by atoms with Crippen LogP contribution in [0.5, 0.6) is 0 Å². The van der Waals surface area contributed by atoms with E-state index in [2.05, 4.69) is 15.6 Å². The van der Waals surface area contributed by atoms with E-state index in [0.717, 1.165) is 13.1 Å². The lowest BCUT2D eigenvalue weighted by Gasteiger charge is -2.37. The molecule has 2 N–H and O–H groups in total. The first-order chi connectivity index (χ1) is 11.5. The second kappa shape index (κ2) is 10.3. The fourth-order valence-electron chi connectivity index (χ4n) is 3.19. The molecule has 26 heavy (non-hydrogen) atoms. The molecule has 0 spiro atoms. The van der Waals surface area contributed by atoms with Crippen LogP contribution in [0.1, 0.15) is 19.8 Å². The van der Waals surface area contributed by atoms with Crippen LogP contribution >= 0.6 is 36.4 Å². The van der Waals surface area contributed by atoms with Gasteiger partial charge < -0.3 is 15.5 Å². The maximum absolute atomic E-state index is 12.5. The average molecular weight is 424 g/mol. The number of nitrogens with one attached hydrogen (secondary N) is 2. The predicted molar refractivity (Wildman–Crippen MR) is 107 cm³/mol. The Morgan fingerprint density at radius 3 is 2.42 bits per heavy atom. The van der Waals surface area contributed by atoms with Crippen molar-refractivity contribution in [3.63, 3.8) is 0 Å². The van der Waals surface area contributed by atoms with Gasteiger partial charge in [-0.05, 0) is 44.0 Å². The molecule has 2 fully saturated rings. The van der Waals surface area contributed by atoms with Crippen molar-refractivity contribution in [2.45, 2.75) is 19.8 Å². The van der Waals surface area contributed by atoms with Crippen molar-refractivity contribution in [1.29, 1.82) is 0 Å². The summed E-state index contributed by atoms with van der Waals surface area (Å²) in [5, 5.41) is 6.57. The number of carbonyl (C=O) groups excluding carboxylic acids is 2. The Balaban J connectivity index is 0.00000169. The maximum Gasteiger partial charge on any atom is 0.228 e. The zero-order chi connectivity index (χ0) is 17.1.